The fourth-order valence-electron chi connectivity index (χ4n) is 9.62. The smallest absolute Gasteiger partial charge is 0.342 e. The minimum atomic E-state index is -0.939. The third-order valence-corrected chi connectivity index (χ3v) is 11.5. The van der Waals surface area contributed by atoms with Crippen LogP contribution in [0.1, 0.15) is 72.1 Å². The maximum Gasteiger partial charge on any atom is 0.342 e. The molecule has 40 heavy (non-hydrogen) atoms. The van der Waals surface area contributed by atoms with Gasteiger partial charge in [-0.1, -0.05) is 12.2 Å². The molecule has 6 aliphatic heterocycles. The fourth-order valence-corrected chi connectivity index (χ4v) is 9.62. The lowest BCUT2D eigenvalue weighted by molar-refractivity contribution is -0.699. The highest BCUT2D eigenvalue weighted by molar-refractivity contribution is 5.85. The fraction of sp³-hybridized carbons (Fsp3) is 0.871. The summed E-state index contributed by atoms with van der Waals surface area (Å²) >= 11 is 0. The zero-order chi connectivity index (χ0) is 28.0. The molecule has 0 amide bonds. The SMILES string of the molecule is CC1CC(=O)C2C(CC3OC(C)(C)[C@@H]4OC(=O)[C@]5(O[C@@H]5CCC5CC[NH2+]C(N)C5)[C@@H]5C=C[C@H](CC5)[C@H]4C3C2O)O1. The van der Waals surface area contributed by atoms with Gasteiger partial charge in [0.05, 0.1) is 43.0 Å². The van der Waals surface area contributed by atoms with Crippen molar-refractivity contribution in [3.8, 4) is 0 Å². The standard InChI is InChI=1S/C31H46N2O7/c1-15-12-19(34)25-20(37-15)14-21-26(27(25)35)24-17-5-7-18(8-6-17)31(29(36)38-28(24)30(2,3)39-21)22(40-31)9-4-16-10-11-33-23(32)13-16/h5,7,15-18,20-28,33,35H,4,6,8-14,32H2,1-3H3/p+1/t15?,16?,17-,18-,20?,21?,22-,23?,24+,25?,26?,27?,28-,31+/m1/s1. The molecule has 222 valence electrons. The van der Waals surface area contributed by atoms with Crippen LogP contribution in [0.2, 0.25) is 0 Å². The monoisotopic (exact) mass is 559 g/mol. The molecule has 8 aliphatic rings. The molecule has 9 heteroatoms. The van der Waals surface area contributed by atoms with E-state index in [2.05, 4.69) is 17.5 Å². The maximum atomic E-state index is 14.1. The number of Topliss-reactive ketones (excluding diaryl/α,β-unsaturated/α-hetero) is 1. The van der Waals surface area contributed by atoms with Crippen molar-refractivity contribution in [1.29, 1.82) is 0 Å². The number of carbonyl (C=O) groups is 2. The molecule has 6 heterocycles. The summed E-state index contributed by atoms with van der Waals surface area (Å²) in [6, 6.07) is 0. The van der Waals surface area contributed by atoms with Gasteiger partial charge in [0, 0.05) is 37.0 Å². The quantitative estimate of drug-likeness (QED) is 0.267. The van der Waals surface area contributed by atoms with Gasteiger partial charge in [0.1, 0.15) is 23.7 Å². The number of epoxide rings is 1. The average molecular weight is 560 g/mol. The van der Waals surface area contributed by atoms with Gasteiger partial charge in [-0.15, -0.1) is 0 Å². The molecular weight excluding hydrogens is 512 g/mol. The number of allylic oxidation sites excluding steroid dienone is 1. The molecule has 2 bridgehead atoms. The molecule has 0 radical (unpaired) electrons. The Kier molecular flexibility index (Phi) is 6.76. The molecule has 9 nitrogen and oxygen atoms in total. The second kappa shape index (κ2) is 9.85. The second-order valence-corrected chi connectivity index (χ2v) is 14.4. The first kappa shape index (κ1) is 27.5. The lowest BCUT2D eigenvalue weighted by atomic mass is 9.58. The number of hydrogen-bond acceptors (Lipinski definition) is 8. The van der Waals surface area contributed by atoms with Crippen molar-refractivity contribution in [2.24, 2.45) is 41.2 Å². The number of piperidine rings is 1. The van der Waals surface area contributed by atoms with E-state index in [0.29, 0.717) is 18.8 Å². The summed E-state index contributed by atoms with van der Waals surface area (Å²) in [6.07, 6.45) is 8.88. The van der Waals surface area contributed by atoms with E-state index in [-0.39, 0.29) is 66.0 Å². The third kappa shape index (κ3) is 4.33. The van der Waals surface area contributed by atoms with Crippen LogP contribution >= 0.6 is 0 Å². The van der Waals surface area contributed by atoms with Crippen LogP contribution in [0.15, 0.2) is 12.2 Å². The van der Waals surface area contributed by atoms with E-state index in [1.165, 1.54) is 0 Å². The first-order valence-corrected chi connectivity index (χ1v) is 15.8. The van der Waals surface area contributed by atoms with Gasteiger partial charge in [0.2, 0.25) is 0 Å². The Balaban J connectivity index is 1.15. The van der Waals surface area contributed by atoms with Crippen LogP contribution < -0.4 is 11.1 Å². The second-order valence-electron chi connectivity index (χ2n) is 14.4. The molecule has 8 rings (SSSR count). The number of nitrogens with two attached hydrogens (primary N) is 2. The van der Waals surface area contributed by atoms with E-state index < -0.39 is 29.3 Å². The zero-order valence-electron chi connectivity index (χ0n) is 24.1. The van der Waals surface area contributed by atoms with Gasteiger partial charge in [-0.2, -0.15) is 0 Å². The van der Waals surface area contributed by atoms with E-state index in [1.807, 2.05) is 20.8 Å². The molecular formula is C31H47N2O7+. The number of aliphatic hydroxyl groups is 1. The molecule has 5 saturated heterocycles. The summed E-state index contributed by atoms with van der Waals surface area (Å²) in [5.41, 5.74) is 4.48. The van der Waals surface area contributed by atoms with E-state index in [9.17, 15) is 14.7 Å². The number of ether oxygens (including phenoxy) is 4. The summed E-state index contributed by atoms with van der Waals surface area (Å²) in [6.45, 7) is 6.97. The number of ketones is 1. The van der Waals surface area contributed by atoms with E-state index in [4.69, 9.17) is 24.7 Å². The number of aliphatic hydroxyl groups excluding tert-OH is 1. The average Bonchev–Trinajstić information content (AvgIpc) is 3.61. The van der Waals surface area contributed by atoms with Gasteiger partial charge in [-0.3, -0.25) is 10.5 Å². The van der Waals surface area contributed by atoms with Crippen LogP contribution in [0.4, 0.5) is 0 Å². The van der Waals surface area contributed by atoms with Crippen molar-refractivity contribution < 1.29 is 39.0 Å². The van der Waals surface area contributed by atoms with Gasteiger partial charge in [0.15, 0.2) is 5.60 Å². The van der Waals surface area contributed by atoms with Crippen molar-refractivity contribution >= 4 is 11.8 Å². The Bertz CT molecular complexity index is 1060. The number of esters is 1. The summed E-state index contributed by atoms with van der Waals surface area (Å²) in [5, 5.41) is 14.0. The molecule has 5 N–H and O–H groups in total. The number of fused-ring (bicyclic) bond motifs is 4. The van der Waals surface area contributed by atoms with Crippen molar-refractivity contribution in [3.63, 3.8) is 0 Å². The number of carbonyl (C=O) groups excluding carboxylic acids is 2. The summed E-state index contributed by atoms with van der Waals surface area (Å²) in [7, 11) is 0. The Morgan fingerprint density at radius 3 is 2.62 bits per heavy atom. The number of hydrogen-bond donors (Lipinski definition) is 3. The van der Waals surface area contributed by atoms with Crippen LogP contribution in [0.25, 0.3) is 0 Å². The topological polar surface area (TPSA) is 137 Å². The van der Waals surface area contributed by atoms with Gasteiger partial charge in [-0.05, 0) is 64.7 Å². The first-order valence-electron chi connectivity index (χ1n) is 15.8. The molecule has 2 aliphatic carbocycles. The third-order valence-electron chi connectivity index (χ3n) is 11.5. The van der Waals surface area contributed by atoms with Crippen molar-refractivity contribution in [2.45, 2.75) is 126 Å². The number of rotatable bonds is 3. The lowest BCUT2D eigenvalue weighted by Gasteiger charge is -2.58. The highest BCUT2D eigenvalue weighted by Gasteiger charge is 2.70. The van der Waals surface area contributed by atoms with Gasteiger partial charge in [0.25, 0.3) is 0 Å². The first-order chi connectivity index (χ1) is 19.1. The minimum Gasteiger partial charge on any atom is -0.457 e. The molecule has 0 aromatic carbocycles. The molecule has 0 aromatic heterocycles. The molecule has 6 fully saturated rings. The van der Waals surface area contributed by atoms with Crippen LogP contribution in [-0.4, -0.2) is 77.4 Å². The summed E-state index contributed by atoms with van der Waals surface area (Å²) in [4.78, 5) is 27.2. The molecule has 1 spiro atoms. The maximum absolute atomic E-state index is 14.1. The Morgan fingerprint density at radius 1 is 1.05 bits per heavy atom. The zero-order valence-corrected chi connectivity index (χ0v) is 24.1. The van der Waals surface area contributed by atoms with Crippen molar-refractivity contribution in [1.82, 2.24) is 0 Å². The van der Waals surface area contributed by atoms with Crippen molar-refractivity contribution in [2.75, 3.05) is 6.54 Å². The summed E-state index contributed by atoms with van der Waals surface area (Å²) < 4.78 is 25.7. The van der Waals surface area contributed by atoms with Crippen LogP contribution in [0.5, 0.6) is 0 Å². The van der Waals surface area contributed by atoms with Gasteiger partial charge in [-0.25, -0.2) is 4.79 Å². The highest BCUT2D eigenvalue weighted by Crippen LogP contribution is 2.57. The largest absolute Gasteiger partial charge is 0.457 e. The summed E-state index contributed by atoms with van der Waals surface area (Å²) in [5.74, 6) is -0.553. The van der Waals surface area contributed by atoms with E-state index >= 15 is 0 Å². The number of quaternary nitrogens is 1. The van der Waals surface area contributed by atoms with Crippen LogP contribution in [-0.2, 0) is 28.5 Å². The van der Waals surface area contributed by atoms with Crippen LogP contribution in [0, 0.1) is 35.5 Å². The molecule has 0 aromatic rings. The molecule has 8 unspecified atom stereocenters. The Labute approximate surface area is 236 Å². The lowest BCUT2D eigenvalue weighted by Crippen LogP contribution is -2.94. The highest BCUT2D eigenvalue weighted by atomic mass is 16.7. The van der Waals surface area contributed by atoms with Gasteiger partial charge < -0.3 is 29.4 Å². The predicted octanol–water partition coefficient (Wildman–Crippen LogP) is 1.21. The van der Waals surface area contributed by atoms with E-state index in [0.717, 1.165) is 45.1 Å². The van der Waals surface area contributed by atoms with Crippen LogP contribution in [0.3, 0.4) is 0 Å². The normalized spacial score (nSPS) is 53.0. The van der Waals surface area contributed by atoms with Crippen molar-refractivity contribution in [3.05, 3.63) is 12.2 Å². The molecule has 14 atom stereocenters. The minimum absolute atomic E-state index is 0.0151. The molecule has 1 saturated carbocycles. The van der Waals surface area contributed by atoms with Gasteiger partial charge >= 0.3 is 5.97 Å². The predicted molar refractivity (Wildman–Crippen MR) is 144 cm³/mol. The van der Waals surface area contributed by atoms with E-state index in [1.54, 1.807) is 0 Å². The Hall–Kier alpha value is -1.36. The Morgan fingerprint density at radius 2 is 1.88 bits per heavy atom.